The summed E-state index contributed by atoms with van der Waals surface area (Å²) in [4.78, 5) is 2.71. The third-order valence-electron chi connectivity index (χ3n) is 4.49. The highest BCUT2D eigenvalue weighted by Gasteiger charge is 2.22. The van der Waals surface area contributed by atoms with Gasteiger partial charge in [-0.1, -0.05) is 36.4 Å². The van der Waals surface area contributed by atoms with Crippen LogP contribution in [0.25, 0.3) is 10.8 Å². The van der Waals surface area contributed by atoms with Crippen LogP contribution >= 0.6 is 0 Å². The van der Waals surface area contributed by atoms with Gasteiger partial charge in [-0.25, -0.2) is 12.7 Å². The number of hydrogen-bond donors (Lipinski definition) is 0. The normalized spacial score (nSPS) is 16.8. The number of fused-ring (bicyclic) bond motifs is 1. The van der Waals surface area contributed by atoms with Crippen molar-refractivity contribution in [1.29, 1.82) is 0 Å². The molecule has 0 amide bonds. The van der Waals surface area contributed by atoms with Crippen LogP contribution in [0.3, 0.4) is 0 Å². The van der Waals surface area contributed by atoms with Crippen molar-refractivity contribution in [3.05, 3.63) is 42.5 Å². The van der Waals surface area contributed by atoms with E-state index in [9.17, 15) is 8.42 Å². The van der Waals surface area contributed by atoms with Crippen molar-refractivity contribution in [3.63, 3.8) is 0 Å². The third kappa shape index (κ3) is 3.78. The SMILES string of the molecule is CN(CCCN1CCOCC1)S(=O)(=O)c1cccc2ccccc12. The molecular formula is C18H24N2O3S. The van der Waals surface area contributed by atoms with E-state index in [1.54, 1.807) is 19.2 Å². The predicted octanol–water partition coefficient (Wildman–Crippen LogP) is 2.18. The van der Waals surface area contributed by atoms with Crippen molar-refractivity contribution >= 4 is 20.8 Å². The van der Waals surface area contributed by atoms with E-state index >= 15 is 0 Å². The summed E-state index contributed by atoms with van der Waals surface area (Å²) in [6.45, 7) is 4.82. The van der Waals surface area contributed by atoms with Crippen LogP contribution < -0.4 is 0 Å². The predicted molar refractivity (Wildman–Crippen MR) is 95.6 cm³/mol. The first-order valence-corrected chi connectivity index (χ1v) is 9.77. The van der Waals surface area contributed by atoms with Crippen LogP contribution in [-0.2, 0) is 14.8 Å². The fourth-order valence-corrected chi connectivity index (χ4v) is 4.47. The summed E-state index contributed by atoms with van der Waals surface area (Å²) in [6.07, 6.45) is 0.820. The number of morpholine rings is 1. The first-order valence-electron chi connectivity index (χ1n) is 8.33. The lowest BCUT2D eigenvalue weighted by Gasteiger charge is -2.27. The van der Waals surface area contributed by atoms with Crippen molar-refractivity contribution in [1.82, 2.24) is 9.21 Å². The lowest BCUT2D eigenvalue weighted by atomic mass is 10.1. The van der Waals surface area contributed by atoms with Gasteiger partial charge in [-0.3, -0.25) is 4.90 Å². The van der Waals surface area contributed by atoms with Gasteiger partial charge in [-0.2, -0.15) is 0 Å². The Balaban J connectivity index is 1.69. The zero-order valence-corrected chi connectivity index (χ0v) is 14.8. The molecule has 1 saturated heterocycles. The fraction of sp³-hybridized carbons (Fsp3) is 0.444. The average molecular weight is 348 g/mol. The highest BCUT2D eigenvalue weighted by molar-refractivity contribution is 7.89. The second kappa shape index (κ2) is 7.61. The summed E-state index contributed by atoms with van der Waals surface area (Å²) >= 11 is 0. The van der Waals surface area contributed by atoms with Crippen LogP contribution in [0.1, 0.15) is 6.42 Å². The minimum Gasteiger partial charge on any atom is -0.379 e. The molecule has 0 aliphatic carbocycles. The standard InChI is InChI=1S/C18H24N2O3S/c1-19(10-5-11-20-12-14-23-15-13-20)24(21,22)18-9-4-7-16-6-2-3-8-17(16)18/h2-4,6-9H,5,10-15H2,1H3. The number of benzene rings is 2. The molecule has 3 rings (SSSR count). The van der Waals surface area contributed by atoms with E-state index in [-0.39, 0.29) is 0 Å². The summed E-state index contributed by atoms with van der Waals surface area (Å²) in [7, 11) is -1.82. The Morgan fingerprint density at radius 3 is 2.58 bits per heavy atom. The molecule has 0 unspecified atom stereocenters. The Kier molecular flexibility index (Phi) is 5.50. The Morgan fingerprint density at radius 2 is 1.79 bits per heavy atom. The molecule has 5 nitrogen and oxygen atoms in total. The molecule has 130 valence electrons. The number of ether oxygens (including phenoxy) is 1. The van der Waals surface area contributed by atoms with Gasteiger partial charge in [0.25, 0.3) is 0 Å². The monoisotopic (exact) mass is 348 g/mol. The fourth-order valence-electron chi connectivity index (χ4n) is 3.05. The van der Waals surface area contributed by atoms with Gasteiger partial charge in [-0.15, -0.1) is 0 Å². The van der Waals surface area contributed by atoms with E-state index in [1.807, 2.05) is 30.3 Å². The Labute approximate surface area is 143 Å². The topological polar surface area (TPSA) is 49.9 Å². The van der Waals surface area contributed by atoms with Crippen molar-refractivity contribution in [2.75, 3.05) is 46.4 Å². The van der Waals surface area contributed by atoms with Gasteiger partial charge >= 0.3 is 0 Å². The highest BCUT2D eigenvalue weighted by Crippen LogP contribution is 2.25. The maximum absolute atomic E-state index is 12.9. The molecule has 6 heteroatoms. The largest absolute Gasteiger partial charge is 0.379 e. The average Bonchev–Trinajstić information content (AvgIpc) is 2.62. The molecule has 0 bridgehead atoms. The molecular weight excluding hydrogens is 324 g/mol. The molecule has 24 heavy (non-hydrogen) atoms. The minimum absolute atomic E-state index is 0.384. The number of hydrogen-bond acceptors (Lipinski definition) is 4. The molecule has 1 fully saturated rings. The quantitative estimate of drug-likeness (QED) is 0.803. The molecule has 2 aromatic carbocycles. The molecule has 0 spiro atoms. The van der Waals surface area contributed by atoms with E-state index in [0.29, 0.717) is 11.4 Å². The van der Waals surface area contributed by atoms with Crippen molar-refractivity contribution in [2.45, 2.75) is 11.3 Å². The van der Waals surface area contributed by atoms with E-state index in [2.05, 4.69) is 4.90 Å². The molecule has 1 aliphatic heterocycles. The lowest BCUT2D eigenvalue weighted by Crippen LogP contribution is -2.38. The first kappa shape index (κ1) is 17.4. The van der Waals surface area contributed by atoms with Gasteiger partial charge in [0.1, 0.15) is 0 Å². The second-order valence-electron chi connectivity index (χ2n) is 6.11. The molecule has 0 radical (unpaired) electrons. The van der Waals surface area contributed by atoms with Gasteiger partial charge in [-0.05, 0) is 24.4 Å². The van der Waals surface area contributed by atoms with Gasteiger partial charge in [0, 0.05) is 32.1 Å². The Bertz CT molecular complexity index is 780. The van der Waals surface area contributed by atoms with Crippen LogP contribution in [-0.4, -0.2) is 64.1 Å². The van der Waals surface area contributed by atoms with Gasteiger partial charge < -0.3 is 4.74 Å². The Hall–Kier alpha value is -1.47. The summed E-state index contributed by atoms with van der Waals surface area (Å²) < 4.78 is 32.6. The second-order valence-corrected chi connectivity index (χ2v) is 8.12. The molecule has 2 aromatic rings. The van der Waals surface area contributed by atoms with Crippen molar-refractivity contribution < 1.29 is 13.2 Å². The molecule has 1 aliphatic rings. The maximum Gasteiger partial charge on any atom is 0.243 e. The minimum atomic E-state index is -3.48. The van der Waals surface area contributed by atoms with E-state index in [4.69, 9.17) is 4.74 Å². The highest BCUT2D eigenvalue weighted by atomic mass is 32.2. The molecule has 1 heterocycles. The van der Waals surface area contributed by atoms with E-state index in [1.165, 1.54) is 4.31 Å². The lowest BCUT2D eigenvalue weighted by molar-refractivity contribution is 0.0370. The van der Waals surface area contributed by atoms with Crippen LogP contribution in [0.15, 0.2) is 47.4 Å². The molecule has 0 atom stereocenters. The van der Waals surface area contributed by atoms with Crippen LogP contribution in [0.4, 0.5) is 0 Å². The van der Waals surface area contributed by atoms with Gasteiger partial charge in [0.2, 0.25) is 10.0 Å². The van der Waals surface area contributed by atoms with Gasteiger partial charge in [0.05, 0.1) is 18.1 Å². The summed E-state index contributed by atoms with van der Waals surface area (Å²) in [5, 5.41) is 1.72. The van der Waals surface area contributed by atoms with Crippen LogP contribution in [0.2, 0.25) is 0 Å². The van der Waals surface area contributed by atoms with Crippen molar-refractivity contribution in [3.8, 4) is 0 Å². The number of rotatable bonds is 6. The van der Waals surface area contributed by atoms with E-state index in [0.717, 1.165) is 50.0 Å². The van der Waals surface area contributed by atoms with Crippen LogP contribution in [0.5, 0.6) is 0 Å². The smallest absolute Gasteiger partial charge is 0.243 e. The summed E-state index contributed by atoms with van der Waals surface area (Å²) in [5.41, 5.74) is 0. The Morgan fingerprint density at radius 1 is 1.08 bits per heavy atom. The summed E-state index contributed by atoms with van der Waals surface area (Å²) in [5.74, 6) is 0. The number of nitrogens with zero attached hydrogens (tertiary/aromatic N) is 2. The molecule has 0 aromatic heterocycles. The maximum atomic E-state index is 12.9. The molecule has 0 N–H and O–H groups in total. The molecule has 0 saturated carbocycles. The summed E-state index contributed by atoms with van der Waals surface area (Å²) in [6, 6.07) is 13.0. The van der Waals surface area contributed by atoms with Crippen molar-refractivity contribution in [2.24, 2.45) is 0 Å². The first-order chi connectivity index (χ1) is 11.6. The zero-order valence-electron chi connectivity index (χ0n) is 14.0. The van der Waals surface area contributed by atoms with Crippen LogP contribution in [0, 0.1) is 0 Å². The number of sulfonamides is 1. The zero-order chi connectivity index (χ0) is 17.0. The van der Waals surface area contributed by atoms with E-state index < -0.39 is 10.0 Å². The third-order valence-corrected chi connectivity index (χ3v) is 6.40. The van der Waals surface area contributed by atoms with Gasteiger partial charge in [0.15, 0.2) is 0 Å².